The Morgan fingerprint density at radius 1 is 1.13 bits per heavy atom. The Balaban J connectivity index is 1.30. The van der Waals surface area contributed by atoms with Crippen LogP contribution in [-0.4, -0.2) is 20.6 Å². The molecule has 7 heteroatoms. The van der Waals surface area contributed by atoms with Crippen LogP contribution in [0.15, 0.2) is 77.9 Å². The number of imidazole rings is 1. The van der Waals surface area contributed by atoms with Crippen molar-refractivity contribution in [2.75, 3.05) is 0 Å². The van der Waals surface area contributed by atoms with Gasteiger partial charge in [0.15, 0.2) is 5.76 Å². The minimum atomic E-state index is -0.281. The van der Waals surface area contributed by atoms with E-state index < -0.39 is 0 Å². The largest absolute Gasteiger partial charge is 0.439 e. The van der Waals surface area contributed by atoms with Crippen LogP contribution in [0.3, 0.4) is 0 Å². The number of nitrogens with zero attached hydrogens (tertiary/aromatic N) is 3. The van der Waals surface area contributed by atoms with Crippen molar-refractivity contribution in [1.82, 2.24) is 25.2 Å². The number of aryl methyl sites for hydroxylation is 1. The first-order chi connectivity index (χ1) is 14.6. The Labute approximate surface area is 174 Å². The summed E-state index contributed by atoms with van der Waals surface area (Å²) in [5, 5.41) is 5.72. The second kappa shape index (κ2) is 8.65. The molecule has 0 aliphatic heterocycles. The standard InChI is InChI=1S/C23H23N5O2/c1-16-3-5-19(6-4-16)21-13-25-22(30-21)14-26-23(29)27-17(2)18-7-9-20(10-8-18)28-12-11-24-15-28/h3-13,15,17H,14H2,1-2H3,(H2,26,27,29). The molecule has 7 nitrogen and oxygen atoms in total. The van der Waals surface area contributed by atoms with Gasteiger partial charge in [0, 0.05) is 23.6 Å². The highest BCUT2D eigenvalue weighted by atomic mass is 16.4. The molecule has 0 fully saturated rings. The molecule has 4 rings (SSSR count). The molecule has 0 aliphatic carbocycles. The number of carbonyl (C=O) groups is 1. The second-order valence-electron chi connectivity index (χ2n) is 7.09. The van der Waals surface area contributed by atoms with Gasteiger partial charge in [-0.1, -0.05) is 42.0 Å². The topological polar surface area (TPSA) is 85.0 Å². The summed E-state index contributed by atoms with van der Waals surface area (Å²) in [7, 11) is 0. The summed E-state index contributed by atoms with van der Waals surface area (Å²) < 4.78 is 7.66. The monoisotopic (exact) mass is 401 g/mol. The van der Waals surface area contributed by atoms with E-state index in [0.29, 0.717) is 11.7 Å². The van der Waals surface area contributed by atoms with Crippen molar-refractivity contribution in [1.29, 1.82) is 0 Å². The number of nitrogens with one attached hydrogen (secondary N) is 2. The highest BCUT2D eigenvalue weighted by molar-refractivity contribution is 5.74. The average Bonchev–Trinajstić information content (AvgIpc) is 3.45. The van der Waals surface area contributed by atoms with Gasteiger partial charge in [0.05, 0.1) is 25.1 Å². The van der Waals surface area contributed by atoms with E-state index in [0.717, 1.165) is 16.8 Å². The third kappa shape index (κ3) is 4.57. The lowest BCUT2D eigenvalue weighted by Gasteiger charge is -2.15. The molecule has 0 saturated carbocycles. The van der Waals surface area contributed by atoms with Crippen LogP contribution < -0.4 is 10.6 Å². The van der Waals surface area contributed by atoms with Gasteiger partial charge in [0.2, 0.25) is 5.89 Å². The fourth-order valence-corrected chi connectivity index (χ4v) is 3.08. The molecule has 2 heterocycles. The number of urea groups is 1. The molecule has 30 heavy (non-hydrogen) atoms. The lowest BCUT2D eigenvalue weighted by atomic mass is 10.1. The Kier molecular flexibility index (Phi) is 5.61. The minimum Gasteiger partial charge on any atom is -0.439 e. The molecule has 2 aromatic heterocycles. The number of rotatable bonds is 6. The first-order valence-corrected chi connectivity index (χ1v) is 9.73. The number of hydrogen-bond donors (Lipinski definition) is 2. The van der Waals surface area contributed by atoms with Crippen molar-refractivity contribution < 1.29 is 9.21 Å². The number of carbonyl (C=O) groups excluding carboxylic acids is 1. The third-order valence-corrected chi connectivity index (χ3v) is 4.83. The van der Waals surface area contributed by atoms with Crippen LogP contribution in [0.5, 0.6) is 0 Å². The molecule has 0 saturated heterocycles. The maximum absolute atomic E-state index is 12.3. The van der Waals surface area contributed by atoms with Gasteiger partial charge < -0.3 is 19.6 Å². The highest BCUT2D eigenvalue weighted by Gasteiger charge is 2.11. The molecule has 0 aliphatic rings. The first kappa shape index (κ1) is 19.4. The second-order valence-corrected chi connectivity index (χ2v) is 7.09. The summed E-state index contributed by atoms with van der Waals surface area (Å²) in [6.07, 6.45) is 7.04. The molecule has 1 atom stereocenters. The van der Waals surface area contributed by atoms with E-state index in [1.807, 2.05) is 73.1 Å². The molecule has 0 spiro atoms. The molecular weight excluding hydrogens is 378 g/mol. The van der Waals surface area contributed by atoms with Gasteiger partial charge in [0.1, 0.15) is 0 Å². The molecule has 4 aromatic rings. The van der Waals surface area contributed by atoms with Gasteiger partial charge in [-0.3, -0.25) is 0 Å². The Morgan fingerprint density at radius 3 is 2.60 bits per heavy atom. The predicted molar refractivity (Wildman–Crippen MR) is 114 cm³/mol. The SMILES string of the molecule is Cc1ccc(-c2cnc(CNC(=O)NC(C)c3ccc(-n4ccnc4)cc3)o2)cc1. The van der Waals surface area contributed by atoms with E-state index in [1.54, 1.807) is 18.7 Å². The zero-order chi connectivity index (χ0) is 20.9. The summed E-state index contributed by atoms with van der Waals surface area (Å²) in [6, 6.07) is 15.5. The fraction of sp³-hybridized carbons (Fsp3) is 0.174. The number of benzene rings is 2. The molecule has 0 bridgehead atoms. The lowest BCUT2D eigenvalue weighted by Crippen LogP contribution is -2.36. The number of amides is 2. The van der Waals surface area contributed by atoms with Crippen molar-refractivity contribution in [3.63, 3.8) is 0 Å². The average molecular weight is 401 g/mol. The molecule has 0 radical (unpaired) electrons. The van der Waals surface area contributed by atoms with Gasteiger partial charge in [-0.15, -0.1) is 0 Å². The number of oxazole rings is 1. The fourth-order valence-electron chi connectivity index (χ4n) is 3.08. The van der Waals surface area contributed by atoms with E-state index >= 15 is 0 Å². The van der Waals surface area contributed by atoms with Gasteiger partial charge in [-0.05, 0) is 31.5 Å². The van der Waals surface area contributed by atoms with E-state index in [9.17, 15) is 4.79 Å². The van der Waals surface area contributed by atoms with Crippen LogP contribution in [0.1, 0.15) is 30.0 Å². The number of hydrogen-bond acceptors (Lipinski definition) is 4. The van der Waals surface area contributed by atoms with Gasteiger partial charge in [-0.25, -0.2) is 14.8 Å². The first-order valence-electron chi connectivity index (χ1n) is 9.73. The smallest absolute Gasteiger partial charge is 0.315 e. The summed E-state index contributed by atoms with van der Waals surface area (Å²) >= 11 is 0. The quantitative estimate of drug-likeness (QED) is 0.502. The summed E-state index contributed by atoms with van der Waals surface area (Å²) in [5.41, 5.74) is 4.16. The van der Waals surface area contributed by atoms with Crippen LogP contribution in [0.25, 0.3) is 17.0 Å². The molecule has 1 unspecified atom stereocenters. The lowest BCUT2D eigenvalue weighted by molar-refractivity contribution is 0.236. The molecule has 2 N–H and O–H groups in total. The summed E-state index contributed by atoms with van der Waals surface area (Å²) in [4.78, 5) is 20.6. The normalized spacial score (nSPS) is 11.8. The van der Waals surface area contributed by atoms with E-state index in [1.165, 1.54) is 5.56 Å². The van der Waals surface area contributed by atoms with Crippen molar-refractivity contribution in [3.8, 4) is 17.0 Å². The van der Waals surface area contributed by atoms with Crippen LogP contribution >= 0.6 is 0 Å². The maximum Gasteiger partial charge on any atom is 0.315 e. The van der Waals surface area contributed by atoms with Crippen molar-refractivity contribution in [2.45, 2.75) is 26.4 Å². The Morgan fingerprint density at radius 2 is 1.90 bits per heavy atom. The Bertz CT molecular complexity index is 1100. The van der Waals surface area contributed by atoms with Crippen molar-refractivity contribution >= 4 is 6.03 Å². The van der Waals surface area contributed by atoms with Gasteiger partial charge in [0.25, 0.3) is 0 Å². The van der Waals surface area contributed by atoms with Crippen LogP contribution in [-0.2, 0) is 6.54 Å². The maximum atomic E-state index is 12.3. The highest BCUT2D eigenvalue weighted by Crippen LogP contribution is 2.20. The van der Waals surface area contributed by atoms with Crippen molar-refractivity contribution in [3.05, 3.63) is 90.5 Å². The number of aromatic nitrogens is 3. The molecule has 2 amide bonds. The Hall–Kier alpha value is -3.87. The third-order valence-electron chi connectivity index (χ3n) is 4.83. The van der Waals surface area contributed by atoms with Crippen LogP contribution in [0, 0.1) is 6.92 Å². The zero-order valence-electron chi connectivity index (χ0n) is 16.9. The zero-order valence-corrected chi connectivity index (χ0v) is 16.9. The summed E-state index contributed by atoms with van der Waals surface area (Å²) in [6.45, 7) is 4.18. The van der Waals surface area contributed by atoms with Crippen molar-refractivity contribution in [2.24, 2.45) is 0 Å². The molecular formula is C23H23N5O2. The predicted octanol–water partition coefficient (Wildman–Crippen LogP) is 4.40. The van der Waals surface area contributed by atoms with Crippen LogP contribution in [0.2, 0.25) is 0 Å². The molecule has 152 valence electrons. The van der Waals surface area contributed by atoms with Gasteiger partial charge >= 0.3 is 6.03 Å². The van der Waals surface area contributed by atoms with Crippen LogP contribution in [0.4, 0.5) is 4.79 Å². The minimum absolute atomic E-state index is 0.144. The van der Waals surface area contributed by atoms with E-state index in [2.05, 4.69) is 20.6 Å². The molecule has 2 aromatic carbocycles. The van der Waals surface area contributed by atoms with Gasteiger partial charge in [-0.2, -0.15) is 0 Å². The van der Waals surface area contributed by atoms with E-state index in [-0.39, 0.29) is 18.6 Å². The summed E-state index contributed by atoms with van der Waals surface area (Å²) in [5.74, 6) is 1.14. The van der Waals surface area contributed by atoms with E-state index in [4.69, 9.17) is 4.42 Å².